The van der Waals surface area contributed by atoms with Crippen LogP contribution >= 0.6 is 11.3 Å². The van der Waals surface area contributed by atoms with Crippen LogP contribution in [0.3, 0.4) is 0 Å². The third-order valence-corrected chi connectivity index (χ3v) is 10.3. The van der Waals surface area contributed by atoms with Gasteiger partial charge >= 0.3 is 12.1 Å². The number of halogens is 5. The van der Waals surface area contributed by atoms with Gasteiger partial charge < -0.3 is 9.52 Å². The van der Waals surface area contributed by atoms with Crippen molar-refractivity contribution >= 4 is 38.1 Å². The molecule has 0 radical (unpaired) electrons. The topological polar surface area (TPSA) is 135 Å². The molecule has 45 heavy (non-hydrogen) atoms. The SMILES string of the molecule is CC[C@H](NS(=O)(=O)c1ccc(-c2sc(-c3nnc(CC(C)(C)C(=O)O)o3)nc2CC2CC(F)(F)C2)c2ccccc12)C(F)(F)F. The second-order valence-corrected chi connectivity index (χ2v) is 14.5. The third kappa shape index (κ3) is 6.87. The predicted octanol–water partition coefficient (Wildman–Crippen LogP) is 6.87. The van der Waals surface area contributed by atoms with E-state index in [4.69, 9.17) is 4.42 Å². The minimum Gasteiger partial charge on any atom is -0.481 e. The molecule has 2 heterocycles. The van der Waals surface area contributed by atoms with Crippen LogP contribution in [0.15, 0.2) is 45.7 Å². The molecule has 1 saturated carbocycles. The molecular weight excluding hydrogens is 643 g/mol. The number of benzene rings is 2. The van der Waals surface area contributed by atoms with Crippen LogP contribution in [0.25, 0.3) is 32.1 Å². The normalized spacial score (nSPS) is 16.5. The van der Waals surface area contributed by atoms with Crippen molar-refractivity contribution < 1.29 is 44.7 Å². The fraction of sp³-hybridized carbons (Fsp3) is 0.448. The Hall–Kier alpha value is -3.50. The molecule has 2 aromatic heterocycles. The summed E-state index contributed by atoms with van der Waals surface area (Å²) in [5, 5.41) is 18.2. The molecular formula is C29H29F5N4O5S2. The molecule has 0 unspecified atom stereocenters. The first kappa shape index (κ1) is 32.9. The van der Waals surface area contributed by atoms with Gasteiger partial charge in [-0.1, -0.05) is 37.3 Å². The van der Waals surface area contributed by atoms with Gasteiger partial charge in [0.25, 0.3) is 5.89 Å². The van der Waals surface area contributed by atoms with Crippen molar-refractivity contribution in [2.75, 3.05) is 0 Å². The van der Waals surface area contributed by atoms with Gasteiger partial charge in [-0.3, -0.25) is 4.79 Å². The van der Waals surface area contributed by atoms with E-state index in [0.717, 1.165) is 11.3 Å². The highest BCUT2D eigenvalue weighted by molar-refractivity contribution is 7.89. The number of alkyl halides is 5. The Morgan fingerprint density at radius 1 is 1.13 bits per heavy atom. The Kier molecular flexibility index (Phi) is 8.55. The van der Waals surface area contributed by atoms with Crippen LogP contribution in [-0.2, 0) is 27.7 Å². The lowest BCUT2D eigenvalue weighted by molar-refractivity contribution is -0.151. The van der Waals surface area contributed by atoms with Gasteiger partial charge in [0.1, 0.15) is 6.04 Å². The highest BCUT2D eigenvalue weighted by Crippen LogP contribution is 2.47. The van der Waals surface area contributed by atoms with E-state index < -0.39 is 46.0 Å². The lowest BCUT2D eigenvalue weighted by atomic mass is 9.78. The summed E-state index contributed by atoms with van der Waals surface area (Å²) in [6, 6.07) is 6.67. The molecule has 0 amide bonds. The molecule has 9 nitrogen and oxygen atoms in total. The van der Waals surface area contributed by atoms with Gasteiger partial charge in [-0.05, 0) is 44.1 Å². The Morgan fingerprint density at radius 3 is 2.40 bits per heavy atom. The number of sulfonamides is 1. The molecule has 0 spiro atoms. The van der Waals surface area contributed by atoms with Crippen molar-refractivity contribution in [3.63, 3.8) is 0 Å². The fourth-order valence-corrected chi connectivity index (χ4v) is 7.77. The van der Waals surface area contributed by atoms with Crippen molar-refractivity contribution in [1.29, 1.82) is 0 Å². The summed E-state index contributed by atoms with van der Waals surface area (Å²) >= 11 is 1.10. The summed E-state index contributed by atoms with van der Waals surface area (Å²) in [4.78, 5) is 16.3. The van der Waals surface area contributed by atoms with Crippen LogP contribution in [0.5, 0.6) is 0 Å². The fourth-order valence-electron chi connectivity index (χ4n) is 5.20. The largest absolute Gasteiger partial charge is 0.481 e. The van der Waals surface area contributed by atoms with Crippen LogP contribution in [0.2, 0.25) is 0 Å². The lowest BCUT2D eigenvalue weighted by Crippen LogP contribution is -2.44. The average molecular weight is 673 g/mol. The third-order valence-electron chi connectivity index (χ3n) is 7.69. The van der Waals surface area contributed by atoms with Crippen LogP contribution < -0.4 is 4.72 Å². The monoisotopic (exact) mass is 672 g/mol. The standard InChI is InChI=1S/C29H29F5N4O5S2/c1-4-21(29(32,33)34)38-45(41,42)20-10-9-18(16-7-5-6-8-17(16)20)23-19(11-15-12-28(30,31)13-15)35-25(44-23)24-37-36-22(43-24)14-27(2,3)26(39)40/h5-10,15,21,38H,4,11-14H2,1-3H3,(H,39,40)/t21-/m0/s1. The van der Waals surface area contributed by atoms with E-state index in [-0.39, 0.29) is 58.7 Å². The van der Waals surface area contributed by atoms with Crippen molar-refractivity contribution in [2.45, 2.75) is 75.9 Å². The predicted molar refractivity (Wildman–Crippen MR) is 155 cm³/mol. The Morgan fingerprint density at radius 2 is 1.80 bits per heavy atom. The first-order valence-electron chi connectivity index (χ1n) is 13.9. The Bertz CT molecular complexity index is 1840. The van der Waals surface area contributed by atoms with E-state index in [0.29, 0.717) is 21.5 Å². The van der Waals surface area contributed by atoms with Crippen molar-refractivity contribution in [2.24, 2.45) is 11.3 Å². The number of fused-ring (bicyclic) bond motifs is 1. The average Bonchev–Trinajstić information content (AvgIpc) is 3.56. The van der Waals surface area contributed by atoms with Gasteiger partial charge in [-0.2, -0.15) is 17.9 Å². The van der Waals surface area contributed by atoms with Gasteiger partial charge in [-0.25, -0.2) is 22.2 Å². The minimum atomic E-state index is -4.79. The van der Waals surface area contributed by atoms with Gasteiger partial charge in [0.2, 0.25) is 21.8 Å². The van der Waals surface area contributed by atoms with E-state index in [1.807, 2.05) is 0 Å². The number of aromatic nitrogens is 3. The number of aliphatic carboxylic acids is 1. The molecule has 16 heteroatoms. The van der Waals surface area contributed by atoms with E-state index in [1.54, 1.807) is 22.9 Å². The molecule has 1 fully saturated rings. The molecule has 5 rings (SSSR count). The van der Waals surface area contributed by atoms with E-state index in [9.17, 15) is 40.3 Å². The second kappa shape index (κ2) is 11.7. The molecule has 1 atom stereocenters. The van der Waals surface area contributed by atoms with Gasteiger partial charge in [0.15, 0.2) is 5.01 Å². The van der Waals surface area contributed by atoms with Crippen molar-refractivity contribution in [1.82, 2.24) is 19.9 Å². The number of hydrogen-bond donors (Lipinski definition) is 2. The van der Waals surface area contributed by atoms with E-state index in [2.05, 4.69) is 15.2 Å². The lowest BCUT2D eigenvalue weighted by Gasteiger charge is -2.34. The highest BCUT2D eigenvalue weighted by atomic mass is 32.2. The zero-order valence-corrected chi connectivity index (χ0v) is 25.9. The number of nitrogens with zero attached hydrogens (tertiary/aromatic N) is 3. The van der Waals surface area contributed by atoms with E-state index >= 15 is 0 Å². The second-order valence-electron chi connectivity index (χ2n) is 11.8. The maximum absolute atomic E-state index is 13.7. The highest BCUT2D eigenvalue weighted by Gasteiger charge is 2.46. The van der Waals surface area contributed by atoms with Crippen molar-refractivity contribution in [3.05, 3.63) is 48.0 Å². The van der Waals surface area contributed by atoms with Crippen LogP contribution in [0.1, 0.15) is 51.6 Å². The minimum absolute atomic E-state index is 0.00640. The van der Waals surface area contributed by atoms with Crippen LogP contribution in [0.4, 0.5) is 22.0 Å². The number of carboxylic acids is 1. The first-order chi connectivity index (χ1) is 20.9. The molecule has 1 aliphatic carbocycles. The quantitative estimate of drug-likeness (QED) is 0.165. The van der Waals surface area contributed by atoms with Crippen molar-refractivity contribution in [3.8, 4) is 21.3 Å². The Balaban J connectivity index is 1.58. The van der Waals surface area contributed by atoms with Gasteiger partial charge in [0.05, 0.1) is 20.9 Å². The zero-order valence-electron chi connectivity index (χ0n) is 24.3. The number of carbonyl (C=O) groups is 1. The molecule has 0 saturated heterocycles. The summed E-state index contributed by atoms with van der Waals surface area (Å²) in [5.41, 5.74) is -0.266. The molecule has 1 aliphatic rings. The van der Waals surface area contributed by atoms with Crippen LogP contribution in [-0.4, -0.2) is 52.8 Å². The number of rotatable bonds is 11. The molecule has 2 N–H and O–H groups in total. The molecule has 0 aliphatic heterocycles. The molecule has 4 aromatic rings. The molecule has 242 valence electrons. The maximum atomic E-state index is 13.7. The molecule has 2 aromatic carbocycles. The Labute approximate surface area is 258 Å². The van der Waals surface area contributed by atoms with E-state index in [1.165, 1.54) is 39.0 Å². The van der Waals surface area contributed by atoms with Gasteiger partial charge in [-0.15, -0.1) is 21.5 Å². The number of carboxylic acid groups (broad SMARTS) is 1. The first-order valence-corrected chi connectivity index (χ1v) is 16.2. The van der Waals surface area contributed by atoms with Crippen LogP contribution in [0, 0.1) is 11.3 Å². The van der Waals surface area contributed by atoms with Gasteiger partial charge in [0, 0.05) is 30.2 Å². The summed E-state index contributed by atoms with van der Waals surface area (Å²) in [6.07, 6.45) is -5.82. The number of hydrogen-bond acceptors (Lipinski definition) is 8. The summed E-state index contributed by atoms with van der Waals surface area (Å²) in [7, 11) is -4.61. The number of nitrogens with one attached hydrogen (secondary N) is 1. The summed E-state index contributed by atoms with van der Waals surface area (Å²) in [5.74, 6) is -4.15. The zero-order chi connectivity index (χ0) is 32.9. The maximum Gasteiger partial charge on any atom is 0.404 e. The molecule has 0 bridgehead atoms. The number of thiazole rings is 1. The summed E-state index contributed by atoms with van der Waals surface area (Å²) in [6.45, 7) is 4.23. The summed E-state index contributed by atoms with van der Waals surface area (Å²) < 4.78 is 102. The smallest absolute Gasteiger partial charge is 0.404 e.